The van der Waals surface area contributed by atoms with Crippen LogP contribution in [-0.2, 0) is 0 Å². The Morgan fingerprint density at radius 3 is 2.70 bits per heavy atom. The van der Waals surface area contributed by atoms with Gasteiger partial charge in [0.05, 0.1) is 10.5 Å². The Morgan fingerprint density at radius 2 is 1.90 bits per heavy atom. The second-order valence-corrected chi connectivity index (χ2v) is 4.77. The molecule has 20 heavy (non-hydrogen) atoms. The van der Waals surface area contributed by atoms with Crippen LogP contribution in [0.4, 0.5) is 15.9 Å². The van der Waals surface area contributed by atoms with Gasteiger partial charge in [-0.25, -0.2) is 19.3 Å². The number of nitrogens with one attached hydrogen (secondary N) is 1. The Hall–Kier alpha value is -1.98. The zero-order chi connectivity index (χ0) is 14.1. The van der Waals surface area contributed by atoms with E-state index in [4.69, 9.17) is 23.2 Å². The Bertz CT molecular complexity index is 794. The standard InChI is InChI=1S/C13H7Cl2FN4/c14-8-2-1-7(5-9(8)16)19-13-12-10(17-6-18-13)3-4-11(15)20-12/h1-6H,(H,17,18,19). The van der Waals surface area contributed by atoms with Gasteiger partial charge >= 0.3 is 0 Å². The lowest BCUT2D eigenvalue weighted by molar-refractivity contribution is 0.629. The highest BCUT2D eigenvalue weighted by Gasteiger charge is 2.08. The van der Waals surface area contributed by atoms with Crippen molar-refractivity contribution < 1.29 is 4.39 Å². The fraction of sp³-hybridized carbons (Fsp3) is 0. The smallest absolute Gasteiger partial charge is 0.160 e. The number of fused-ring (bicyclic) bond motifs is 1. The maximum Gasteiger partial charge on any atom is 0.160 e. The van der Waals surface area contributed by atoms with Gasteiger partial charge in [-0.1, -0.05) is 23.2 Å². The molecule has 0 amide bonds. The van der Waals surface area contributed by atoms with Crippen molar-refractivity contribution in [3.8, 4) is 0 Å². The second-order valence-electron chi connectivity index (χ2n) is 3.98. The van der Waals surface area contributed by atoms with Crippen LogP contribution in [0.1, 0.15) is 0 Å². The van der Waals surface area contributed by atoms with Gasteiger partial charge in [-0.2, -0.15) is 0 Å². The van der Waals surface area contributed by atoms with Crippen molar-refractivity contribution in [3.63, 3.8) is 0 Å². The highest BCUT2D eigenvalue weighted by atomic mass is 35.5. The first-order valence-corrected chi connectivity index (χ1v) is 6.38. The monoisotopic (exact) mass is 308 g/mol. The molecular formula is C13H7Cl2FN4. The van der Waals surface area contributed by atoms with Crippen molar-refractivity contribution in [1.29, 1.82) is 0 Å². The number of anilines is 2. The molecule has 1 N–H and O–H groups in total. The predicted octanol–water partition coefficient (Wildman–Crippen LogP) is 4.21. The summed E-state index contributed by atoms with van der Waals surface area (Å²) >= 11 is 11.5. The van der Waals surface area contributed by atoms with Crippen molar-refractivity contribution in [2.45, 2.75) is 0 Å². The molecule has 0 spiro atoms. The molecule has 4 nitrogen and oxygen atoms in total. The summed E-state index contributed by atoms with van der Waals surface area (Å²) in [6.07, 6.45) is 1.40. The van der Waals surface area contributed by atoms with E-state index in [1.807, 2.05) is 0 Å². The van der Waals surface area contributed by atoms with Crippen LogP contribution in [0, 0.1) is 5.82 Å². The van der Waals surface area contributed by atoms with Crippen molar-refractivity contribution in [2.75, 3.05) is 5.32 Å². The molecule has 0 aliphatic carbocycles. The van der Waals surface area contributed by atoms with Gasteiger partial charge in [0.15, 0.2) is 5.82 Å². The Labute approximate surface area is 123 Å². The summed E-state index contributed by atoms with van der Waals surface area (Å²) in [6.45, 7) is 0. The van der Waals surface area contributed by atoms with Gasteiger partial charge in [0.2, 0.25) is 0 Å². The minimum atomic E-state index is -0.513. The maximum absolute atomic E-state index is 13.4. The van der Waals surface area contributed by atoms with E-state index in [0.29, 0.717) is 27.7 Å². The van der Waals surface area contributed by atoms with Crippen LogP contribution in [0.3, 0.4) is 0 Å². The number of nitrogens with zero attached hydrogens (tertiary/aromatic N) is 3. The topological polar surface area (TPSA) is 50.7 Å². The summed E-state index contributed by atoms with van der Waals surface area (Å²) in [6, 6.07) is 7.76. The van der Waals surface area contributed by atoms with Crippen LogP contribution < -0.4 is 5.32 Å². The lowest BCUT2D eigenvalue weighted by atomic mass is 10.3. The molecule has 2 heterocycles. The summed E-state index contributed by atoms with van der Waals surface area (Å²) in [5, 5.41) is 3.36. The zero-order valence-electron chi connectivity index (χ0n) is 9.94. The third kappa shape index (κ3) is 2.50. The Morgan fingerprint density at radius 1 is 1.05 bits per heavy atom. The number of hydrogen-bond acceptors (Lipinski definition) is 4. The molecule has 0 aliphatic rings. The van der Waals surface area contributed by atoms with Crippen molar-refractivity contribution >= 4 is 45.7 Å². The second kappa shape index (κ2) is 5.19. The van der Waals surface area contributed by atoms with Gasteiger partial charge in [0.1, 0.15) is 22.8 Å². The molecule has 0 saturated carbocycles. The highest BCUT2D eigenvalue weighted by molar-refractivity contribution is 6.30. The van der Waals surface area contributed by atoms with Crippen LogP contribution in [0.5, 0.6) is 0 Å². The molecule has 0 unspecified atom stereocenters. The molecule has 100 valence electrons. The molecule has 0 fully saturated rings. The number of benzene rings is 1. The first-order chi connectivity index (χ1) is 9.63. The minimum Gasteiger partial charge on any atom is -0.338 e. The number of rotatable bonds is 2. The van der Waals surface area contributed by atoms with E-state index in [2.05, 4.69) is 20.3 Å². The average Bonchev–Trinajstić information content (AvgIpc) is 2.44. The summed E-state index contributed by atoms with van der Waals surface area (Å²) < 4.78 is 13.4. The fourth-order valence-electron chi connectivity index (χ4n) is 1.72. The molecule has 2 aromatic heterocycles. The summed E-state index contributed by atoms with van der Waals surface area (Å²) in [7, 11) is 0. The average molecular weight is 309 g/mol. The van der Waals surface area contributed by atoms with E-state index < -0.39 is 5.82 Å². The van der Waals surface area contributed by atoms with Crippen LogP contribution >= 0.6 is 23.2 Å². The number of aromatic nitrogens is 3. The van der Waals surface area contributed by atoms with Crippen molar-refractivity contribution in [1.82, 2.24) is 15.0 Å². The quantitative estimate of drug-likeness (QED) is 0.720. The van der Waals surface area contributed by atoms with E-state index in [0.717, 1.165) is 0 Å². The van der Waals surface area contributed by atoms with Gasteiger partial charge in [0.25, 0.3) is 0 Å². The summed E-state index contributed by atoms with van der Waals surface area (Å²) in [5.41, 5.74) is 1.66. The molecule has 7 heteroatoms. The van der Waals surface area contributed by atoms with E-state index in [1.165, 1.54) is 18.5 Å². The van der Waals surface area contributed by atoms with Gasteiger partial charge in [-0.3, -0.25) is 0 Å². The van der Waals surface area contributed by atoms with E-state index in [9.17, 15) is 4.39 Å². The van der Waals surface area contributed by atoms with Gasteiger partial charge < -0.3 is 5.32 Å². The van der Waals surface area contributed by atoms with Gasteiger partial charge in [-0.05, 0) is 30.3 Å². The van der Waals surface area contributed by atoms with Crippen LogP contribution in [0.25, 0.3) is 11.0 Å². The molecule has 3 aromatic rings. The molecule has 3 rings (SSSR count). The summed E-state index contributed by atoms with van der Waals surface area (Å²) in [5.74, 6) is -0.0692. The maximum atomic E-state index is 13.4. The third-order valence-corrected chi connectivity index (χ3v) is 3.15. The molecular weight excluding hydrogens is 302 g/mol. The normalized spacial score (nSPS) is 10.8. The number of pyridine rings is 1. The first-order valence-electron chi connectivity index (χ1n) is 5.63. The van der Waals surface area contributed by atoms with Crippen LogP contribution in [0.15, 0.2) is 36.7 Å². The zero-order valence-corrected chi connectivity index (χ0v) is 11.5. The molecule has 1 aromatic carbocycles. The summed E-state index contributed by atoms with van der Waals surface area (Å²) in [4.78, 5) is 12.4. The predicted molar refractivity (Wildman–Crippen MR) is 77.0 cm³/mol. The van der Waals surface area contributed by atoms with Crippen molar-refractivity contribution in [3.05, 3.63) is 52.7 Å². The highest BCUT2D eigenvalue weighted by Crippen LogP contribution is 2.25. The van der Waals surface area contributed by atoms with Crippen LogP contribution in [-0.4, -0.2) is 15.0 Å². The molecule has 0 atom stereocenters. The van der Waals surface area contributed by atoms with E-state index >= 15 is 0 Å². The lowest BCUT2D eigenvalue weighted by Gasteiger charge is -2.08. The van der Waals surface area contributed by atoms with Gasteiger partial charge in [-0.15, -0.1) is 0 Å². The number of hydrogen-bond donors (Lipinski definition) is 1. The first kappa shape index (κ1) is 13.0. The molecule has 0 aliphatic heterocycles. The largest absolute Gasteiger partial charge is 0.338 e. The van der Waals surface area contributed by atoms with E-state index in [-0.39, 0.29) is 5.02 Å². The van der Waals surface area contributed by atoms with Gasteiger partial charge in [0, 0.05) is 5.69 Å². The van der Waals surface area contributed by atoms with E-state index in [1.54, 1.807) is 18.2 Å². The molecule has 0 bridgehead atoms. The lowest BCUT2D eigenvalue weighted by Crippen LogP contribution is -1.98. The SMILES string of the molecule is Fc1cc(Nc2ncnc3ccc(Cl)nc23)ccc1Cl. The molecule has 0 radical (unpaired) electrons. The third-order valence-electron chi connectivity index (χ3n) is 2.63. The Balaban J connectivity index is 2.05. The number of halogens is 3. The molecule has 0 saturated heterocycles. The fourth-order valence-corrected chi connectivity index (χ4v) is 1.98. The van der Waals surface area contributed by atoms with Crippen LogP contribution in [0.2, 0.25) is 10.2 Å². The van der Waals surface area contributed by atoms with Crippen molar-refractivity contribution in [2.24, 2.45) is 0 Å². The Kier molecular flexibility index (Phi) is 3.38. The minimum absolute atomic E-state index is 0.0595.